The zero-order valence-corrected chi connectivity index (χ0v) is 22.2. The molecule has 0 bridgehead atoms. The SMILES string of the molecule is COCCO[C@@H](Cn1c(=O)n(C(C)C(N)=O)c(=O)c2c(C)c(-n3cccn3)sc21)c1cc(F)ccc1OC. The lowest BCUT2D eigenvalue weighted by molar-refractivity contribution is -0.120. The quantitative estimate of drug-likeness (QED) is 0.286. The van der Waals surface area contributed by atoms with Crippen LogP contribution in [0.2, 0.25) is 0 Å². The van der Waals surface area contributed by atoms with Crippen LogP contribution in [0.3, 0.4) is 0 Å². The average Bonchev–Trinajstić information content (AvgIpc) is 3.53. The fourth-order valence-electron chi connectivity index (χ4n) is 4.23. The Hall–Kier alpha value is -3.81. The van der Waals surface area contributed by atoms with E-state index < -0.39 is 35.1 Å². The fraction of sp³-hybridized carbons (Fsp3) is 0.360. The van der Waals surface area contributed by atoms with Crippen molar-refractivity contribution in [1.29, 1.82) is 0 Å². The molecule has 11 nitrogen and oxygen atoms in total. The lowest BCUT2D eigenvalue weighted by Crippen LogP contribution is -2.45. The maximum Gasteiger partial charge on any atom is 0.332 e. The number of amides is 1. The summed E-state index contributed by atoms with van der Waals surface area (Å²) in [4.78, 5) is 39.8. The molecule has 3 heterocycles. The van der Waals surface area contributed by atoms with Crippen molar-refractivity contribution >= 4 is 27.5 Å². The Labute approximate surface area is 220 Å². The Balaban J connectivity index is 1.99. The number of aryl methyl sites for hydroxylation is 1. The molecule has 1 aromatic carbocycles. The molecule has 4 rings (SSSR count). The highest BCUT2D eigenvalue weighted by atomic mass is 32.1. The molecule has 202 valence electrons. The van der Waals surface area contributed by atoms with Gasteiger partial charge in [-0.2, -0.15) is 5.10 Å². The van der Waals surface area contributed by atoms with E-state index in [0.717, 1.165) is 4.57 Å². The third-order valence-electron chi connectivity index (χ3n) is 6.22. The zero-order valence-electron chi connectivity index (χ0n) is 21.3. The predicted octanol–water partition coefficient (Wildman–Crippen LogP) is 2.32. The first kappa shape index (κ1) is 27.2. The van der Waals surface area contributed by atoms with E-state index in [9.17, 15) is 18.8 Å². The predicted molar refractivity (Wildman–Crippen MR) is 140 cm³/mol. The Morgan fingerprint density at radius 2 is 2.00 bits per heavy atom. The van der Waals surface area contributed by atoms with E-state index in [1.807, 2.05) is 0 Å². The molecular formula is C25H28FN5O6S. The molecular weight excluding hydrogens is 517 g/mol. The van der Waals surface area contributed by atoms with Crippen molar-refractivity contribution in [2.24, 2.45) is 5.73 Å². The number of ether oxygens (including phenoxy) is 3. The van der Waals surface area contributed by atoms with E-state index in [-0.39, 0.29) is 25.1 Å². The summed E-state index contributed by atoms with van der Waals surface area (Å²) in [6.45, 7) is 3.40. The van der Waals surface area contributed by atoms with Gasteiger partial charge >= 0.3 is 5.69 Å². The Kier molecular flexibility index (Phi) is 8.09. The van der Waals surface area contributed by atoms with E-state index in [4.69, 9.17) is 19.9 Å². The summed E-state index contributed by atoms with van der Waals surface area (Å²) in [6, 6.07) is 4.52. The first-order valence-corrected chi connectivity index (χ1v) is 12.5. The molecule has 2 N–H and O–H groups in total. The van der Waals surface area contributed by atoms with Gasteiger partial charge < -0.3 is 19.9 Å². The molecule has 1 amide bonds. The first-order valence-electron chi connectivity index (χ1n) is 11.7. The number of thiophene rings is 1. The molecule has 4 aromatic rings. The number of carbonyl (C=O) groups excluding carboxylic acids is 1. The van der Waals surface area contributed by atoms with E-state index in [1.54, 1.807) is 30.1 Å². The van der Waals surface area contributed by atoms with Gasteiger partial charge in [0, 0.05) is 30.6 Å². The summed E-state index contributed by atoms with van der Waals surface area (Å²) in [7, 11) is 2.96. The number of carbonyl (C=O) groups is 1. The number of hydrogen-bond donors (Lipinski definition) is 1. The molecule has 0 saturated carbocycles. The standard InChI is InChI=1S/C25H28FN5O6S/c1-14-20-22(33)31(15(2)21(27)32)25(34)29(24(20)38-23(14)30-9-5-8-28-30)13-19(37-11-10-35-3)17-12-16(26)6-7-18(17)36-4/h5-9,12,15,19H,10-11,13H2,1-4H3,(H2,27,32)/t15?,19-/m0/s1. The van der Waals surface area contributed by atoms with Crippen LogP contribution in [0.5, 0.6) is 5.75 Å². The summed E-state index contributed by atoms with van der Waals surface area (Å²) in [5, 5.41) is 5.13. The Morgan fingerprint density at radius 1 is 1.24 bits per heavy atom. The minimum Gasteiger partial charge on any atom is -0.496 e. The number of fused-ring (bicyclic) bond motifs is 1. The minimum absolute atomic E-state index is 0.122. The van der Waals surface area contributed by atoms with Gasteiger partial charge in [-0.05, 0) is 38.1 Å². The summed E-state index contributed by atoms with van der Waals surface area (Å²) >= 11 is 1.19. The molecule has 2 atom stereocenters. The number of primary amides is 1. The van der Waals surface area contributed by atoms with Crippen LogP contribution in [0.1, 0.15) is 30.2 Å². The molecule has 0 aliphatic rings. The highest BCUT2D eigenvalue weighted by molar-refractivity contribution is 7.21. The largest absolute Gasteiger partial charge is 0.496 e. The maximum atomic E-state index is 14.3. The van der Waals surface area contributed by atoms with Gasteiger partial charge in [-0.15, -0.1) is 0 Å². The normalized spacial score (nSPS) is 13.1. The van der Waals surface area contributed by atoms with Crippen LogP contribution in [0.4, 0.5) is 4.39 Å². The first-order chi connectivity index (χ1) is 18.2. The second kappa shape index (κ2) is 11.3. The van der Waals surface area contributed by atoms with Gasteiger partial charge in [-0.1, -0.05) is 11.3 Å². The molecule has 0 radical (unpaired) electrons. The van der Waals surface area contributed by atoms with Crippen molar-refractivity contribution in [1.82, 2.24) is 18.9 Å². The summed E-state index contributed by atoms with van der Waals surface area (Å²) < 4.78 is 34.7. The molecule has 0 spiro atoms. The molecule has 1 unspecified atom stereocenters. The van der Waals surface area contributed by atoms with Gasteiger partial charge in [0.15, 0.2) is 0 Å². The van der Waals surface area contributed by atoms with Crippen LogP contribution >= 0.6 is 11.3 Å². The van der Waals surface area contributed by atoms with Crippen molar-refractivity contribution in [3.8, 4) is 10.8 Å². The Bertz CT molecular complexity index is 1580. The number of nitrogens with two attached hydrogens (primary N) is 1. The van der Waals surface area contributed by atoms with Crippen molar-refractivity contribution < 1.29 is 23.4 Å². The van der Waals surface area contributed by atoms with Gasteiger partial charge in [0.25, 0.3) is 5.56 Å². The minimum atomic E-state index is -1.21. The van der Waals surface area contributed by atoms with Crippen LogP contribution < -0.4 is 21.7 Å². The second-order valence-corrected chi connectivity index (χ2v) is 9.53. The number of nitrogens with zero attached hydrogens (tertiary/aromatic N) is 4. The number of benzene rings is 1. The highest BCUT2D eigenvalue weighted by Crippen LogP contribution is 2.34. The van der Waals surface area contributed by atoms with Crippen LogP contribution in [-0.2, 0) is 20.8 Å². The van der Waals surface area contributed by atoms with Crippen LogP contribution in [0, 0.1) is 12.7 Å². The molecule has 0 aliphatic carbocycles. The van der Waals surface area contributed by atoms with Crippen LogP contribution in [-0.4, -0.2) is 52.3 Å². The smallest absolute Gasteiger partial charge is 0.332 e. The maximum absolute atomic E-state index is 14.3. The lowest BCUT2D eigenvalue weighted by Gasteiger charge is -2.23. The summed E-state index contributed by atoms with van der Waals surface area (Å²) in [6.07, 6.45) is 2.45. The van der Waals surface area contributed by atoms with Gasteiger partial charge in [0.2, 0.25) is 5.91 Å². The van der Waals surface area contributed by atoms with Crippen molar-refractivity contribution in [2.45, 2.75) is 32.5 Å². The van der Waals surface area contributed by atoms with Gasteiger partial charge in [0.05, 0.1) is 32.3 Å². The third-order valence-corrected chi connectivity index (χ3v) is 7.53. The lowest BCUT2D eigenvalue weighted by atomic mass is 10.1. The average molecular weight is 546 g/mol. The fourth-order valence-corrected chi connectivity index (χ4v) is 5.47. The van der Waals surface area contributed by atoms with Crippen molar-refractivity contribution in [3.63, 3.8) is 0 Å². The molecule has 0 saturated heterocycles. The van der Waals surface area contributed by atoms with Gasteiger partial charge in [-0.25, -0.2) is 18.4 Å². The zero-order chi connectivity index (χ0) is 27.6. The summed E-state index contributed by atoms with van der Waals surface area (Å²) in [5.74, 6) is -0.995. The summed E-state index contributed by atoms with van der Waals surface area (Å²) in [5.41, 5.74) is 5.05. The molecule has 13 heteroatoms. The number of methoxy groups -OCH3 is 2. The third kappa shape index (κ3) is 4.99. The van der Waals surface area contributed by atoms with Crippen molar-refractivity contribution in [3.05, 3.63) is 74.4 Å². The topological polar surface area (TPSA) is 133 Å². The van der Waals surface area contributed by atoms with E-state index in [1.165, 1.54) is 55.2 Å². The van der Waals surface area contributed by atoms with E-state index in [2.05, 4.69) is 5.10 Å². The van der Waals surface area contributed by atoms with Crippen molar-refractivity contribution in [2.75, 3.05) is 27.4 Å². The molecule has 3 aromatic heterocycles. The van der Waals surface area contributed by atoms with Gasteiger partial charge in [0.1, 0.15) is 33.5 Å². The monoisotopic (exact) mass is 545 g/mol. The van der Waals surface area contributed by atoms with Crippen LogP contribution in [0.15, 0.2) is 46.2 Å². The number of aromatic nitrogens is 4. The Morgan fingerprint density at radius 3 is 2.63 bits per heavy atom. The molecule has 38 heavy (non-hydrogen) atoms. The van der Waals surface area contributed by atoms with Gasteiger partial charge in [-0.3, -0.25) is 14.2 Å². The van der Waals surface area contributed by atoms with Crippen LogP contribution in [0.25, 0.3) is 15.2 Å². The van der Waals surface area contributed by atoms with E-state index in [0.29, 0.717) is 26.7 Å². The highest BCUT2D eigenvalue weighted by Gasteiger charge is 2.28. The number of halogens is 1. The van der Waals surface area contributed by atoms with E-state index >= 15 is 0 Å². The second-order valence-electron chi connectivity index (χ2n) is 8.55. The molecule has 0 aliphatic heterocycles. The number of hydrogen-bond acceptors (Lipinski definition) is 8. The number of rotatable bonds is 11. The molecule has 0 fully saturated rings.